The second kappa shape index (κ2) is 8.55. The first kappa shape index (κ1) is 18.0. The van der Waals surface area contributed by atoms with Crippen LogP contribution in [-0.2, 0) is 6.42 Å². The molecule has 1 aromatic heterocycles. The van der Waals surface area contributed by atoms with Crippen LogP contribution in [0.2, 0.25) is 0 Å². The van der Waals surface area contributed by atoms with E-state index in [9.17, 15) is 4.79 Å². The first-order valence-electron chi connectivity index (χ1n) is 9.51. The lowest BCUT2D eigenvalue weighted by atomic mass is 10.1. The van der Waals surface area contributed by atoms with Crippen molar-refractivity contribution >= 4 is 27.3 Å². The molecule has 0 saturated carbocycles. The summed E-state index contributed by atoms with van der Waals surface area (Å²) >= 11 is 1.52. The van der Waals surface area contributed by atoms with Crippen LogP contribution in [0.15, 0.2) is 54.6 Å². The number of benzene rings is 2. The van der Waals surface area contributed by atoms with Crippen LogP contribution in [0.5, 0.6) is 5.75 Å². The molecule has 0 bridgehead atoms. The van der Waals surface area contributed by atoms with Crippen molar-refractivity contribution in [3.63, 3.8) is 0 Å². The molecular weight excluding hydrogens is 356 g/mol. The fourth-order valence-corrected chi connectivity index (χ4v) is 4.39. The first-order chi connectivity index (χ1) is 13.3. The Balaban J connectivity index is 1.42. The molecular formula is C22H24N2O2S. The maximum atomic E-state index is 12.6. The minimum atomic E-state index is -0.0139. The zero-order valence-corrected chi connectivity index (χ0v) is 16.1. The van der Waals surface area contributed by atoms with Gasteiger partial charge in [0.2, 0.25) is 0 Å². The van der Waals surface area contributed by atoms with E-state index in [0.717, 1.165) is 53.1 Å². The first-order valence-corrected chi connectivity index (χ1v) is 10.3. The largest absolute Gasteiger partial charge is 0.490 e. The lowest BCUT2D eigenvalue weighted by Crippen LogP contribution is -2.34. The van der Waals surface area contributed by atoms with Crippen LogP contribution in [0.3, 0.4) is 0 Å². The topological polar surface area (TPSA) is 50.4 Å². The summed E-state index contributed by atoms with van der Waals surface area (Å²) in [5, 5.41) is 7.43. The van der Waals surface area contributed by atoms with E-state index in [1.165, 1.54) is 16.9 Å². The summed E-state index contributed by atoms with van der Waals surface area (Å²) in [6, 6.07) is 18.2. The Morgan fingerprint density at radius 1 is 1.11 bits per heavy atom. The Bertz CT molecular complexity index is 901. The van der Waals surface area contributed by atoms with Crippen LogP contribution in [-0.4, -0.2) is 31.6 Å². The van der Waals surface area contributed by atoms with Gasteiger partial charge in [-0.15, -0.1) is 11.3 Å². The average molecular weight is 381 g/mol. The molecule has 2 N–H and O–H groups in total. The molecule has 140 valence electrons. The summed E-state index contributed by atoms with van der Waals surface area (Å²) in [6.45, 7) is 2.63. The fraction of sp³-hybridized carbons (Fsp3) is 0.318. The summed E-state index contributed by atoms with van der Waals surface area (Å²) in [4.78, 5) is 13.3. The molecule has 0 spiro atoms. The smallest absolute Gasteiger partial charge is 0.261 e. The zero-order chi connectivity index (χ0) is 18.5. The van der Waals surface area contributed by atoms with Gasteiger partial charge >= 0.3 is 0 Å². The maximum absolute atomic E-state index is 12.6. The minimum absolute atomic E-state index is 0.0139. The Morgan fingerprint density at radius 3 is 2.74 bits per heavy atom. The van der Waals surface area contributed by atoms with Gasteiger partial charge in [0.1, 0.15) is 11.9 Å². The number of carbonyl (C=O) groups is 1. The Hall–Kier alpha value is -2.37. The van der Waals surface area contributed by atoms with Crippen LogP contribution in [0.4, 0.5) is 0 Å². The van der Waals surface area contributed by atoms with E-state index in [4.69, 9.17) is 4.74 Å². The van der Waals surface area contributed by atoms with E-state index in [-0.39, 0.29) is 12.0 Å². The predicted molar refractivity (Wildman–Crippen MR) is 111 cm³/mol. The number of piperidine rings is 1. The summed E-state index contributed by atoms with van der Waals surface area (Å²) < 4.78 is 7.33. The zero-order valence-electron chi connectivity index (χ0n) is 15.2. The summed E-state index contributed by atoms with van der Waals surface area (Å²) in [5.74, 6) is 0.874. The van der Waals surface area contributed by atoms with E-state index in [0.29, 0.717) is 6.54 Å². The Kier molecular flexibility index (Phi) is 5.70. The molecule has 1 amide bonds. The van der Waals surface area contributed by atoms with Gasteiger partial charge in [-0.25, -0.2) is 0 Å². The maximum Gasteiger partial charge on any atom is 0.261 e. The van der Waals surface area contributed by atoms with Crippen LogP contribution < -0.4 is 15.4 Å². The second-order valence-corrected chi connectivity index (χ2v) is 7.92. The lowest BCUT2D eigenvalue weighted by Gasteiger charge is -2.24. The predicted octanol–water partition coefficient (Wildman–Crippen LogP) is 4.00. The van der Waals surface area contributed by atoms with Crippen molar-refractivity contribution in [1.82, 2.24) is 10.6 Å². The highest BCUT2D eigenvalue weighted by Crippen LogP contribution is 2.34. The van der Waals surface area contributed by atoms with Gasteiger partial charge < -0.3 is 15.4 Å². The third-order valence-electron chi connectivity index (χ3n) is 4.87. The van der Waals surface area contributed by atoms with Crippen molar-refractivity contribution in [3.05, 3.63) is 65.0 Å². The normalized spacial score (nSPS) is 15.0. The van der Waals surface area contributed by atoms with Crippen molar-refractivity contribution < 1.29 is 9.53 Å². The highest BCUT2D eigenvalue weighted by atomic mass is 32.1. The molecule has 5 heteroatoms. The minimum Gasteiger partial charge on any atom is -0.490 e. The number of carbonyl (C=O) groups excluding carboxylic acids is 1. The van der Waals surface area contributed by atoms with Gasteiger partial charge in [-0.05, 0) is 56.1 Å². The number of ether oxygens (including phenoxy) is 1. The SMILES string of the molecule is O=C(NCCc1ccccc1)c1cc2c(OC3CCNCC3)cccc2s1. The highest BCUT2D eigenvalue weighted by molar-refractivity contribution is 7.20. The quantitative estimate of drug-likeness (QED) is 0.679. The molecule has 0 aliphatic carbocycles. The van der Waals surface area contributed by atoms with E-state index >= 15 is 0 Å². The van der Waals surface area contributed by atoms with Crippen LogP contribution in [0.25, 0.3) is 10.1 Å². The number of thiophene rings is 1. The van der Waals surface area contributed by atoms with Gasteiger partial charge in [-0.2, -0.15) is 0 Å². The van der Waals surface area contributed by atoms with Crippen LogP contribution in [0, 0.1) is 0 Å². The van der Waals surface area contributed by atoms with Gasteiger partial charge in [-0.1, -0.05) is 36.4 Å². The molecule has 27 heavy (non-hydrogen) atoms. The van der Waals surface area contributed by atoms with Gasteiger partial charge in [0.05, 0.1) is 4.88 Å². The monoisotopic (exact) mass is 380 g/mol. The standard InChI is InChI=1S/C22H24N2O2S/c25-22(24-14-9-16-5-2-1-3-6-16)21-15-18-19(7-4-8-20(18)27-21)26-17-10-12-23-13-11-17/h1-8,15,17,23H,9-14H2,(H,24,25). The molecule has 4 rings (SSSR count). The van der Waals surface area contributed by atoms with E-state index in [1.807, 2.05) is 36.4 Å². The molecule has 0 unspecified atom stereocenters. The van der Waals surface area contributed by atoms with Crippen molar-refractivity contribution in [1.29, 1.82) is 0 Å². The number of hydrogen-bond donors (Lipinski definition) is 2. The average Bonchev–Trinajstić information content (AvgIpc) is 3.15. The second-order valence-electron chi connectivity index (χ2n) is 6.84. The molecule has 1 fully saturated rings. The van der Waals surface area contributed by atoms with Crippen molar-refractivity contribution in [2.75, 3.05) is 19.6 Å². The van der Waals surface area contributed by atoms with Gasteiger partial charge in [0.15, 0.2) is 0 Å². The van der Waals surface area contributed by atoms with E-state index in [1.54, 1.807) is 0 Å². The molecule has 2 aromatic carbocycles. The number of nitrogens with one attached hydrogen (secondary N) is 2. The Labute approximate surface area is 163 Å². The summed E-state index contributed by atoms with van der Waals surface area (Å²) in [7, 11) is 0. The molecule has 1 aliphatic rings. The van der Waals surface area contributed by atoms with Crippen LogP contribution in [0.1, 0.15) is 28.1 Å². The van der Waals surface area contributed by atoms with Gasteiger partial charge in [-0.3, -0.25) is 4.79 Å². The van der Waals surface area contributed by atoms with Gasteiger partial charge in [0, 0.05) is 16.6 Å². The number of amides is 1. The lowest BCUT2D eigenvalue weighted by molar-refractivity contribution is 0.0958. The molecule has 1 saturated heterocycles. The Morgan fingerprint density at radius 2 is 1.93 bits per heavy atom. The molecule has 0 radical (unpaired) electrons. The molecule has 4 nitrogen and oxygen atoms in total. The van der Waals surface area contributed by atoms with Gasteiger partial charge in [0.25, 0.3) is 5.91 Å². The fourth-order valence-electron chi connectivity index (χ4n) is 3.39. The number of fused-ring (bicyclic) bond motifs is 1. The third kappa shape index (κ3) is 4.49. The third-order valence-corrected chi connectivity index (χ3v) is 5.97. The molecule has 2 heterocycles. The summed E-state index contributed by atoms with van der Waals surface area (Å²) in [6.07, 6.45) is 3.13. The van der Waals surface area contributed by atoms with E-state index < -0.39 is 0 Å². The number of rotatable bonds is 6. The van der Waals surface area contributed by atoms with E-state index in [2.05, 4.69) is 28.8 Å². The number of hydrogen-bond acceptors (Lipinski definition) is 4. The molecule has 0 atom stereocenters. The van der Waals surface area contributed by atoms with Crippen LogP contribution >= 0.6 is 11.3 Å². The molecule has 3 aromatic rings. The summed E-state index contributed by atoms with van der Waals surface area (Å²) in [5.41, 5.74) is 1.23. The molecule has 1 aliphatic heterocycles. The highest BCUT2D eigenvalue weighted by Gasteiger charge is 2.17. The van der Waals surface area contributed by atoms with Crippen molar-refractivity contribution in [2.24, 2.45) is 0 Å². The van der Waals surface area contributed by atoms with Crippen molar-refractivity contribution in [3.8, 4) is 5.75 Å². The van der Waals surface area contributed by atoms with Crippen molar-refractivity contribution in [2.45, 2.75) is 25.4 Å².